The number of nitrogens with zero attached hydrogens (tertiary/aromatic N) is 2. The Balaban J connectivity index is 1.74. The summed E-state index contributed by atoms with van der Waals surface area (Å²) in [5, 5.41) is 3.74. The lowest BCUT2D eigenvalue weighted by Crippen LogP contribution is -2.06. The quantitative estimate of drug-likeness (QED) is 0.780. The van der Waals surface area contributed by atoms with E-state index in [0.717, 1.165) is 41.4 Å². The molecule has 2 aromatic rings. The fourth-order valence-electron chi connectivity index (χ4n) is 2.29. The molecule has 0 saturated heterocycles. The van der Waals surface area contributed by atoms with Gasteiger partial charge in [0.15, 0.2) is 0 Å². The molecule has 1 N–H and O–H groups in total. The lowest BCUT2D eigenvalue weighted by molar-refractivity contribution is 0.625. The number of rotatable bonds is 6. The first-order chi connectivity index (χ1) is 10.7. The molecule has 0 amide bonds. The lowest BCUT2D eigenvalue weighted by Gasteiger charge is -2.11. The molecule has 0 unspecified atom stereocenters. The molecule has 3 nitrogen and oxygen atoms in total. The molecule has 22 heavy (non-hydrogen) atoms. The van der Waals surface area contributed by atoms with Crippen LogP contribution in [0, 0.1) is 5.82 Å². The average Bonchev–Trinajstić information content (AvgIpc) is 3.31. The number of hydrogen-bond acceptors (Lipinski definition) is 4. The molecule has 0 aliphatic heterocycles. The maximum absolute atomic E-state index is 13.4. The number of aromatic nitrogens is 2. The van der Waals surface area contributed by atoms with Gasteiger partial charge in [-0.3, -0.25) is 0 Å². The van der Waals surface area contributed by atoms with E-state index in [9.17, 15) is 4.39 Å². The third-order valence-electron chi connectivity index (χ3n) is 3.58. The number of anilines is 1. The van der Waals surface area contributed by atoms with E-state index in [2.05, 4.69) is 15.3 Å². The minimum absolute atomic E-state index is 0.200. The third-order valence-corrected chi connectivity index (χ3v) is 4.38. The highest BCUT2D eigenvalue weighted by atomic mass is 35.5. The van der Waals surface area contributed by atoms with E-state index in [-0.39, 0.29) is 5.82 Å². The van der Waals surface area contributed by atoms with Crippen LogP contribution >= 0.6 is 23.4 Å². The van der Waals surface area contributed by atoms with E-state index >= 15 is 0 Å². The van der Waals surface area contributed by atoms with Gasteiger partial charge in [-0.1, -0.05) is 17.7 Å². The van der Waals surface area contributed by atoms with Crippen molar-refractivity contribution in [1.82, 2.24) is 9.97 Å². The van der Waals surface area contributed by atoms with Crippen molar-refractivity contribution in [2.75, 3.05) is 11.6 Å². The Hall–Kier alpha value is -1.33. The van der Waals surface area contributed by atoms with Crippen LogP contribution in [0.15, 0.2) is 24.3 Å². The Kier molecular flexibility index (Phi) is 4.84. The molecule has 0 spiro atoms. The highest BCUT2D eigenvalue weighted by Crippen LogP contribution is 2.38. The van der Waals surface area contributed by atoms with Gasteiger partial charge >= 0.3 is 0 Å². The molecular formula is C16H17ClFN3S. The van der Waals surface area contributed by atoms with Gasteiger partial charge in [0.25, 0.3) is 0 Å². The van der Waals surface area contributed by atoms with Crippen LogP contribution in [0.4, 0.5) is 10.2 Å². The number of thioether (sulfide) groups is 1. The summed E-state index contributed by atoms with van der Waals surface area (Å²) in [5.41, 5.74) is 2.07. The van der Waals surface area contributed by atoms with Gasteiger partial charge in [-0.05, 0) is 42.4 Å². The Morgan fingerprint density at radius 2 is 2.09 bits per heavy atom. The van der Waals surface area contributed by atoms with Crippen molar-refractivity contribution >= 4 is 29.2 Å². The van der Waals surface area contributed by atoms with Crippen molar-refractivity contribution in [2.24, 2.45) is 0 Å². The minimum Gasteiger partial charge on any atom is -0.366 e. The van der Waals surface area contributed by atoms with Crippen LogP contribution in [0.2, 0.25) is 5.15 Å². The minimum atomic E-state index is -0.200. The monoisotopic (exact) mass is 337 g/mol. The Morgan fingerprint density at radius 1 is 1.27 bits per heavy atom. The standard InChI is InChI=1S/C16H17ClFN3S/c1-22-9-12-6-13(18)5-4-11(12)8-19-15-7-14(17)20-16(21-15)10-2-3-10/h4-7,10H,2-3,8-9H2,1H3,(H,19,20,21). The Bertz CT molecular complexity index is 676. The number of hydrogen-bond donors (Lipinski definition) is 1. The molecule has 116 valence electrons. The molecule has 1 aromatic heterocycles. The molecular weight excluding hydrogens is 321 g/mol. The topological polar surface area (TPSA) is 37.8 Å². The smallest absolute Gasteiger partial charge is 0.135 e. The van der Waals surface area contributed by atoms with Crippen molar-refractivity contribution in [3.05, 3.63) is 52.2 Å². The van der Waals surface area contributed by atoms with Gasteiger partial charge in [-0.15, -0.1) is 0 Å². The van der Waals surface area contributed by atoms with E-state index in [1.165, 1.54) is 6.07 Å². The van der Waals surface area contributed by atoms with Gasteiger partial charge in [-0.2, -0.15) is 11.8 Å². The second-order valence-electron chi connectivity index (χ2n) is 5.41. The largest absolute Gasteiger partial charge is 0.366 e. The van der Waals surface area contributed by atoms with Gasteiger partial charge in [0.1, 0.15) is 22.6 Å². The van der Waals surface area contributed by atoms with Crippen LogP contribution in [0.25, 0.3) is 0 Å². The summed E-state index contributed by atoms with van der Waals surface area (Å²) < 4.78 is 13.4. The molecule has 0 atom stereocenters. The zero-order valence-corrected chi connectivity index (χ0v) is 13.8. The summed E-state index contributed by atoms with van der Waals surface area (Å²) >= 11 is 7.74. The predicted molar refractivity (Wildman–Crippen MR) is 90.0 cm³/mol. The van der Waals surface area contributed by atoms with Gasteiger partial charge < -0.3 is 5.32 Å². The van der Waals surface area contributed by atoms with Crippen molar-refractivity contribution in [3.8, 4) is 0 Å². The summed E-state index contributed by atoms with van der Waals surface area (Å²) in [5.74, 6) is 2.58. The molecule has 3 rings (SSSR count). The van der Waals surface area contributed by atoms with Gasteiger partial charge in [0.2, 0.25) is 0 Å². The molecule has 1 aliphatic rings. The predicted octanol–water partition coefficient (Wildman–Crippen LogP) is 4.62. The zero-order valence-electron chi connectivity index (χ0n) is 12.3. The van der Waals surface area contributed by atoms with Crippen LogP contribution in [-0.4, -0.2) is 16.2 Å². The van der Waals surface area contributed by atoms with Crippen LogP contribution in [0.1, 0.15) is 35.7 Å². The SMILES string of the molecule is CSCc1cc(F)ccc1CNc1cc(Cl)nc(C2CC2)n1. The second kappa shape index (κ2) is 6.84. The van der Waals surface area contributed by atoms with Gasteiger partial charge in [0, 0.05) is 24.3 Å². The molecule has 6 heteroatoms. The average molecular weight is 338 g/mol. The number of benzene rings is 1. The first kappa shape index (κ1) is 15.6. The molecule has 0 bridgehead atoms. The van der Waals surface area contributed by atoms with Crippen molar-refractivity contribution in [1.29, 1.82) is 0 Å². The van der Waals surface area contributed by atoms with Crippen LogP contribution in [0.3, 0.4) is 0 Å². The molecule has 1 aliphatic carbocycles. The molecule has 1 fully saturated rings. The maximum atomic E-state index is 13.4. The van der Waals surface area contributed by atoms with Crippen LogP contribution in [0.5, 0.6) is 0 Å². The first-order valence-corrected chi connectivity index (χ1v) is 8.97. The fourth-order valence-corrected chi connectivity index (χ4v) is 3.06. The summed E-state index contributed by atoms with van der Waals surface area (Å²) in [6, 6.07) is 6.63. The number of nitrogens with one attached hydrogen (secondary N) is 1. The third kappa shape index (κ3) is 3.90. The zero-order chi connectivity index (χ0) is 15.5. The van der Waals surface area contributed by atoms with E-state index in [0.29, 0.717) is 17.6 Å². The summed E-state index contributed by atoms with van der Waals surface area (Å²) in [7, 11) is 0. The summed E-state index contributed by atoms with van der Waals surface area (Å²) in [6.07, 6.45) is 4.28. The van der Waals surface area contributed by atoms with Gasteiger partial charge in [-0.25, -0.2) is 14.4 Å². The van der Waals surface area contributed by atoms with E-state index in [1.54, 1.807) is 23.9 Å². The second-order valence-corrected chi connectivity index (χ2v) is 6.66. The van der Waals surface area contributed by atoms with Crippen molar-refractivity contribution in [2.45, 2.75) is 31.1 Å². The Labute approximate surface area is 138 Å². The van der Waals surface area contributed by atoms with Crippen molar-refractivity contribution in [3.63, 3.8) is 0 Å². The maximum Gasteiger partial charge on any atom is 0.135 e. The van der Waals surface area contributed by atoms with E-state index < -0.39 is 0 Å². The first-order valence-electron chi connectivity index (χ1n) is 7.20. The summed E-state index contributed by atoms with van der Waals surface area (Å²) in [6.45, 7) is 0.591. The number of halogens is 2. The molecule has 1 aromatic carbocycles. The van der Waals surface area contributed by atoms with E-state index in [4.69, 9.17) is 11.6 Å². The fraction of sp³-hybridized carbons (Fsp3) is 0.375. The molecule has 1 heterocycles. The van der Waals surface area contributed by atoms with Crippen molar-refractivity contribution < 1.29 is 4.39 Å². The normalized spacial score (nSPS) is 14.1. The van der Waals surface area contributed by atoms with E-state index in [1.807, 2.05) is 12.3 Å². The Morgan fingerprint density at radius 3 is 2.82 bits per heavy atom. The highest BCUT2D eigenvalue weighted by molar-refractivity contribution is 7.97. The van der Waals surface area contributed by atoms with Crippen LogP contribution < -0.4 is 5.32 Å². The summed E-state index contributed by atoms with van der Waals surface area (Å²) in [4.78, 5) is 8.79. The highest BCUT2D eigenvalue weighted by Gasteiger charge is 2.27. The lowest BCUT2D eigenvalue weighted by atomic mass is 10.1. The molecule has 1 saturated carbocycles. The molecule has 0 radical (unpaired) electrons. The van der Waals surface area contributed by atoms with Crippen LogP contribution in [-0.2, 0) is 12.3 Å². The van der Waals surface area contributed by atoms with Gasteiger partial charge in [0.05, 0.1) is 0 Å².